The van der Waals surface area contributed by atoms with Crippen LogP contribution in [0.3, 0.4) is 0 Å². The molecule has 0 aromatic heterocycles. The quantitative estimate of drug-likeness (QED) is 0.716. The van der Waals surface area contributed by atoms with Gasteiger partial charge in [0, 0.05) is 12.6 Å². The van der Waals surface area contributed by atoms with E-state index in [1.54, 1.807) is 0 Å². The van der Waals surface area contributed by atoms with Crippen molar-refractivity contribution in [1.29, 1.82) is 0 Å². The summed E-state index contributed by atoms with van der Waals surface area (Å²) in [5.41, 5.74) is -0.571. The summed E-state index contributed by atoms with van der Waals surface area (Å²) in [6.45, 7) is 7.32. The molecule has 0 saturated carbocycles. The van der Waals surface area contributed by atoms with E-state index < -0.39 is 5.54 Å². The number of carbonyl (C=O) groups excluding carboxylic acids is 1. The Hall–Kier alpha value is -0.610. The summed E-state index contributed by atoms with van der Waals surface area (Å²) in [6, 6.07) is 0.441. The summed E-state index contributed by atoms with van der Waals surface area (Å²) in [6.07, 6.45) is 2.52. The van der Waals surface area contributed by atoms with E-state index in [0.29, 0.717) is 6.04 Å². The second-order valence-corrected chi connectivity index (χ2v) is 5.51. The third-order valence-corrected chi connectivity index (χ3v) is 3.90. The van der Waals surface area contributed by atoms with Crippen molar-refractivity contribution in [2.75, 3.05) is 26.7 Å². The Labute approximate surface area is 97.3 Å². The van der Waals surface area contributed by atoms with Crippen LogP contribution in [0.15, 0.2) is 0 Å². The minimum Gasteiger partial charge on any atom is -0.468 e. The standard InChI is InChI=1S/C12H22N2O2/c1-12(2,11(15)16-3)13-10-8-14-6-4-9(10)5-7-14/h9-10,13H,4-8H2,1-3H3. The van der Waals surface area contributed by atoms with Gasteiger partial charge < -0.3 is 9.64 Å². The first-order valence-electron chi connectivity index (χ1n) is 6.11. The molecule has 3 aliphatic heterocycles. The third kappa shape index (κ3) is 2.23. The third-order valence-electron chi connectivity index (χ3n) is 3.90. The fraction of sp³-hybridized carbons (Fsp3) is 0.917. The average molecular weight is 226 g/mol. The maximum absolute atomic E-state index is 11.6. The average Bonchev–Trinajstić information content (AvgIpc) is 2.29. The molecule has 0 aromatic carbocycles. The highest BCUT2D eigenvalue weighted by Crippen LogP contribution is 2.28. The number of esters is 1. The molecule has 0 aromatic rings. The van der Waals surface area contributed by atoms with E-state index in [1.165, 1.54) is 33.0 Å². The van der Waals surface area contributed by atoms with Crippen LogP contribution in [0.2, 0.25) is 0 Å². The van der Waals surface area contributed by atoms with Crippen LogP contribution in [0.25, 0.3) is 0 Å². The molecular formula is C12H22N2O2. The highest BCUT2D eigenvalue weighted by molar-refractivity contribution is 5.79. The largest absolute Gasteiger partial charge is 0.468 e. The number of methoxy groups -OCH3 is 1. The number of fused-ring (bicyclic) bond motifs is 3. The maximum atomic E-state index is 11.6. The van der Waals surface area contributed by atoms with E-state index >= 15 is 0 Å². The zero-order valence-corrected chi connectivity index (χ0v) is 10.5. The maximum Gasteiger partial charge on any atom is 0.325 e. The molecule has 1 N–H and O–H groups in total. The molecule has 16 heavy (non-hydrogen) atoms. The minimum atomic E-state index is -0.571. The van der Waals surface area contributed by atoms with Crippen LogP contribution in [0.4, 0.5) is 0 Å². The Morgan fingerprint density at radius 3 is 2.44 bits per heavy atom. The molecule has 3 saturated heterocycles. The lowest BCUT2D eigenvalue weighted by atomic mass is 9.83. The first kappa shape index (κ1) is 11.9. The second kappa shape index (κ2) is 4.34. The van der Waals surface area contributed by atoms with Crippen LogP contribution >= 0.6 is 0 Å². The van der Waals surface area contributed by atoms with Gasteiger partial charge in [-0.25, -0.2) is 0 Å². The lowest BCUT2D eigenvalue weighted by molar-refractivity contribution is -0.148. The lowest BCUT2D eigenvalue weighted by Gasteiger charge is -2.47. The molecular weight excluding hydrogens is 204 g/mol. The lowest BCUT2D eigenvalue weighted by Crippen LogP contribution is -2.62. The molecule has 3 aliphatic rings. The monoisotopic (exact) mass is 226 g/mol. The van der Waals surface area contributed by atoms with Gasteiger partial charge in [-0.05, 0) is 45.7 Å². The SMILES string of the molecule is COC(=O)C(C)(C)NC1CN2CCC1CC2. The summed E-state index contributed by atoms with van der Waals surface area (Å²) in [5.74, 6) is 0.554. The van der Waals surface area contributed by atoms with Gasteiger partial charge in [-0.15, -0.1) is 0 Å². The fourth-order valence-corrected chi connectivity index (χ4v) is 2.91. The van der Waals surface area contributed by atoms with Crippen LogP contribution in [0, 0.1) is 5.92 Å². The molecule has 3 fully saturated rings. The van der Waals surface area contributed by atoms with E-state index in [0.717, 1.165) is 12.5 Å². The van der Waals surface area contributed by atoms with Gasteiger partial charge in [0.2, 0.25) is 0 Å². The van der Waals surface area contributed by atoms with Crippen molar-refractivity contribution in [2.45, 2.75) is 38.3 Å². The number of rotatable bonds is 3. The van der Waals surface area contributed by atoms with Crippen molar-refractivity contribution in [3.05, 3.63) is 0 Å². The van der Waals surface area contributed by atoms with Crippen LogP contribution in [0.1, 0.15) is 26.7 Å². The molecule has 0 radical (unpaired) electrons. The zero-order chi connectivity index (χ0) is 11.8. The van der Waals surface area contributed by atoms with E-state index in [2.05, 4.69) is 10.2 Å². The van der Waals surface area contributed by atoms with Crippen molar-refractivity contribution in [3.8, 4) is 0 Å². The predicted octanol–water partition coefficient (Wildman–Crippen LogP) is 0.622. The Balaban J connectivity index is 1.97. The van der Waals surface area contributed by atoms with Crippen molar-refractivity contribution in [1.82, 2.24) is 10.2 Å². The second-order valence-electron chi connectivity index (χ2n) is 5.51. The number of hydrogen-bond acceptors (Lipinski definition) is 4. The van der Waals surface area contributed by atoms with Crippen LogP contribution < -0.4 is 5.32 Å². The highest BCUT2D eigenvalue weighted by Gasteiger charge is 2.39. The smallest absolute Gasteiger partial charge is 0.325 e. The normalized spacial score (nSPS) is 33.8. The van der Waals surface area contributed by atoms with Crippen molar-refractivity contribution >= 4 is 5.97 Å². The van der Waals surface area contributed by atoms with Gasteiger partial charge >= 0.3 is 5.97 Å². The van der Waals surface area contributed by atoms with Crippen LogP contribution in [-0.4, -0.2) is 49.2 Å². The number of ether oxygens (including phenoxy) is 1. The molecule has 92 valence electrons. The van der Waals surface area contributed by atoms with E-state index in [9.17, 15) is 4.79 Å². The summed E-state index contributed by atoms with van der Waals surface area (Å²) < 4.78 is 4.82. The Morgan fingerprint density at radius 1 is 1.38 bits per heavy atom. The van der Waals surface area contributed by atoms with Crippen LogP contribution in [-0.2, 0) is 9.53 Å². The summed E-state index contributed by atoms with van der Waals surface area (Å²) in [7, 11) is 1.45. The van der Waals surface area contributed by atoms with Gasteiger partial charge in [0.25, 0.3) is 0 Å². The molecule has 1 atom stereocenters. The number of carbonyl (C=O) groups is 1. The Bertz CT molecular complexity index is 270. The summed E-state index contributed by atoms with van der Waals surface area (Å²) in [4.78, 5) is 14.1. The minimum absolute atomic E-state index is 0.177. The zero-order valence-electron chi connectivity index (χ0n) is 10.5. The topological polar surface area (TPSA) is 41.6 Å². The summed E-state index contributed by atoms with van der Waals surface area (Å²) in [5, 5.41) is 3.46. The first-order chi connectivity index (χ1) is 7.53. The number of nitrogens with one attached hydrogen (secondary N) is 1. The molecule has 3 rings (SSSR count). The molecule has 0 spiro atoms. The Kier molecular flexibility index (Phi) is 3.22. The van der Waals surface area contributed by atoms with Gasteiger partial charge in [-0.3, -0.25) is 10.1 Å². The van der Waals surface area contributed by atoms with Crippen LogP contribution in [0.5, 0.6) is 0 Å². The Morgan fingerprint density at radius 2 is 2.00 bits per heavy atom. The highest BCUT2D eigenvalue weighted by atomic mass is 16.5. The van der Waals surface area contributed by atoms with Gasteiger partial charge in [0.05, 0.1) is 7.11 Å². The fourth-order valence-electron chi connectivity index (χ4n) is 2.91. The van der Waals surface area contributed by atoms with Crippen molar-refractivity contribution in [2.24, 2.45) is 5.92 Å². The summed E-state index contributed by atoms with van der Waals surface area (Å²) >= 11 is 0. The molecule has 0 aliphatic carbocycles. The van der Waals surface area contributed by atoms with Crippen molar-refractivity contribution < 1.29 is 9.53 Å². The van der Waals surface area contributed by atoms with E-state index in [4.69, 9.17) is 4.74 Å². The van der Waals surface area contributed by atoms with Gasteiger partial charge in [-0.2, -0.15) is 0 Å². The first-order valence-corrected chi connectivity index (χ1v) is 6.11. The molecule has 2 bridgehead atoms. The van der Waals surface area contributed by atoms with E-state index in [1.807, 2.05) is 13.8 Å². The predicted molar refractivity (Wildman–Crippen MR) is 62.2 cm³/mol. The van der Waals surface area contributed by atoms with Gasteiger partial charge in [-0.1, -0.05) is 0 Å². The molecule has 0 amide bonds. The molecule has 4 heteroatoms. The number of piperidine rings is 3. The van der Waals surface area contributed by atoms with Crippen molar-refractivity contribution in [3.63, 3.8) is 0 Å². The molecule has 4 nitrogen and oxygen atoms in total. The number of nitrogens with zero attached hydrogens (tertiary/aromatic N) is 1. The molecule has 3 heterocycles. The van der Waals surface area contributed by atoms with Gasteiger partial charge in [0.15, 0.2) is 0 Å². The van der Waals surface area contributed by atoms with E-state index in [-0.39, 0.29) is 5.97 Å². The number of hydrogen-bond donors (Lipinski definition) is 1. The molecule has 1 unspecified atom stereocenters. The van der Waals surface area contributed by atoms with Gasteiger partial charge in [0.1, 0.15) is 5.54 Å².